The van der Waals surface area contributed by atoms with Crippen LogP contribution >= 0.6 is 11.3 Å². The number of fused-ring (bicyclic) bond motifs is 1. The van der Waals surface area contributed by atoms with Gasteiger partial charge in [-0.2, -0.15) is 5.10 Å². The van der Waals surface area contributed by atoms with Crippen molar-refractivity contribution in [1.82, 2.24) is 15.5 Å². The van der Waals surface area contributed by atoms with Gasteiger partial charge in [-0.25, -0.2) is 0 Å². The molecule has 0 spiro atoms. The summed E-state index contributed by atoms with van der Waals surface area (Å²) in [6.45, 7) is 2.16. The number of nitrogens with zero attached hydrogens (tertiary/aromatic N) is 1. The quantitative estimate of drug-likeness (QED) is 0.318. The van der Waals surface area contributed by atoms with E-state index in [9.17, 15) is 14.7 Å². The summed E-state index contributed by atoms with van der Waals surface area (Å²) in [5.41, 5.74) is 3.70. The van der Waals surface area contributed by atoms with Crippen LogP contribution in [-0.4, -0.2) is 27.1 Å². The Morgan fingerprint density at radius 2 is 2.03 bits per heavy atom. The van der Waals surface area contributed by atoms with Crippen LogP contribution in [0.25, 0.3) is 11.3 Å². The Labute approximate surface area is 200 Å². The summed E-state index contributed by atoms with van der Waals surface area (Å²) >= 11 is 1.45. The zero-order chi connectivity index (χ0) is 23.7. The molecule has 0 radical (unpaired) electrons. The molecule has 8 nitrogen and oxygen atoms in total. The van der Waals surface area contributed by atoms with Gasteiger partial charge in [-0.05, 0) is 74.1 Å². The number of furan rings is 1. The zero-order valence-electron chi connectivity index (χ0n) is 18.6. The number of aromatic nitrogens is 2. The zero-order valence-corrected chi connectivity index (χ0v) is 19.4. The van der Waals surface area contributed by atoms with Gasteiger partial charge in [0, 0.05) is 10.4 Å². The van der Waals surface area contributed by atoms with E-state index in [4.69, 9.17) is 4.42 Å². The van der Waals surface area contributed by atoms with Crippen molar-refractivity contribution in [2.45, 2.75) is 39.2 Å². The molecule has 3 aromatic heterocycles. The van der Waals surface area contributed by atoms with Gasteiger partial charge in [-0.15, -0.1) is 11.3 Å². The van der Waals surface area contributed by atoms with Crippen LogP contribution < -0.4 is 10.6 Å². The third-order valence-electron chi connectivity index (χ3n) is 5.88. The van der Waals surface area contributed by atoms with Crippen LogP contribution in [0.15, 0.2) is 47.1 Å². The average molecular weight is 477 g/mol. The first-order chi connectivity index (χ1) is 16.5. The van der Waals surface area contributed by atoms with Gasteiger partial charge in [0.25, 0.3) is 11.8 Å². The molecule has 1 aliphatic carbocycles. The van der Waals surface area contributed by atoms with E-state index in [-0.39, 0.29) is 23.9 Å². The molecule has 0 saturated carbocycles. The van der Waals surface area contributed by atoms with Gasteiger partial charge in [0.15, 0.2) is 0 Å². The van der Waals surface area contributed by atoms with Crippen LogP contribution in [0, 0.1) is 6.92 Å². The average Bonchev–Trinajstić information content (AvgIpc) is 3.57. The molecule has 34 heavy (non-hydrogen) atoms. The number of aromatic amines is 1. The fourth-order valence-electron chi connectivity index (χ4n) is 4.17. The molecule has 0 bridgehead atoms. The van der Waals surface area contributed by atoms with Crippen LogP contribution in [0.1, 0.15) is 55.5 Å². The minimum atomic E-state index is -0.399. The van der Waals surface area contributed by atoms with E-state index < -0.39 is 5.91 Å². The van der Waals surface area contributed by atoms with Gasteiger partial charge in [0.05, 0.1) is 24.1 Å². The van der Waals surface area contributed by atoms with Crippen LogP contribution in [0.3, 0.4) is 0 Å². The first-order valence-corrected chi connectivity index (χ1v) is 11.9. The first-order valence-electron chi connectivity index (χ1n) is 11.1. The van der Waals surface area contributed by atoms with Gasteiger partial charge >= 0.3 is 0 Å². The lowest BCUT2D eigenvalue weighted by Crippen LogP contribution is -2.25. The molecule has 3 heterocycles. The summed E-state index contributed by atoms with van der Waals surface area (Å²) in [7, 11) is 0. The summed E-state index contributed by atoms with van der Waals surface area (Å²) < 4.78 is 5.31. The lowest BCUT2D eigenvalue weighted by molar-refractivity contribution is 0.0948. The predicted molar refractivity (Wildman–Crippen MR) is 129 cm³/mol. The molecule has 0 fully saturated rings. The predicted octanol–water partition coefficient (Wildman–Crippen LogP) is 4.81. The summed E-state index contributed by atoms with van der Waals surface area (Å²) in [5, 5.41) is 23.5. The highest BCUT2D eigenvalue weighted by Crippen LogP contribution is 2.38. The van der Waals surface area contributed by atoms with E-state index in [0.717, 1.165) is 41.7 Å². The van der Waals surface area contributed by atoms with Crippen LogP contribution in [0.2, 0.25) is 0 Å². The Hall–Kier alpha value is -3.85. The summed E-state index contributed by atoms with van der Waals surface area (Å²) in [6.07, 6.45) is 5.35. The van der Waals surface area contributed by atoms with Crippen molar-refractivity contribution in [3.8, 4) is 17.0 Å². The van der Waals surface area contributed by atoms with Crippen molar-refractivity contribution >= 4 is 28.2 Å². The van der Waals surface area contributed by atoms with E-state index in [1.54, 1.807) is 36.6 Å². The number of carbonyl (C=O) groups is 2. The van der Waals surface area contributed by atoms with Crippen molar-refractivity contribution in [3.05, 3.63) is 75.7 Å². The number of benzene rings is 1. The molecular formula is C25H24N4O4S. The number of phenols is 1. The van der Waals surface area contributed by atoms with Crippen molar-refractivity contribution in [1.29, 1.82) is 0 Å². The molecule has 4 N–H and O–H groups in total. The number of phenolic OH excluding ortho intramolecular Hbond substituents is 1. The molecule has 0 unspecified atom stereocenters. The minimum absolute atomic E-state index is 0.0971. The third-order valence-corrected chi connectivity index (χ3v) is 7.09. The molecule has 4 aromatic rings. The van der Waals surface area contributed by atoms with Crippen molar-refractivity contribution in [2.75, 3.05) is 5.32 Å². The SMILES string of the molecule is Cc1ccc(-c2cc(C(=O)Nc3sc4c(c3C(=O)NCc3ccco3)CCCC4)[nH]n2)c(O)c1. The van der Waals surface area contributed by atoms with Gasteiger partial charge < -0.3 is 20.2 Å². The second-order valence-corrected chi connectivity index (χ2v) is 9.42. The second-order valence-electron chi connectivity index (χ2n) is 8.32. The number of H-pyrrole nitrogens is 1. The Balaban J connectivity index is 1.38. The topological polar surface area (TPSA) is 120 Å². The highest BCUT2D eigenvalue weighted by atomic mass is 32.1. The van der Waals surface area contributed by atoms with Crippen molar-refractivity contribution < 1.29 is 19.1 Å². The fraction of sp³-hybridized carbons (Fsp3) is 0.240. The Kier molecular flexibility index (Phi) is 5.93. The van der Waals surface area contributed by atoms with E-state index in [2.05, 4.69) is 20.8 Å². The summed E-state index contributed by atoms with van der Waals surface area (Å²) in [5.74, 6) is 0.122. The van der Waals surface area contributed by atoms with E-state index in [1.807, 2.05) is 13.0 Å². The minimum Gasteiger partial charge on any atom is -0.507 e. The molecule has 5 rings (SSSR count). The smallest absolute Gasteiger partial charge is 0.274 e. The number of rotatable bonds is 6. The number of hydrogen-bond donors (Lipinski definition) is 4. The molecule has 2 amide bonds. The lowest BCUT2D eigenvalue weighted by Gasteiger charge is -2.13. The molecule has 1 aliphatic rings. The lowest BCUT2D eigenvalue weighted by atomic mass is 9.95. The molecule has 1 aromatic carbocycles. The van der Waals surface area contributed by atoms with Crippen LogP contribution in [0.5, 0.6) is 5.75 Å². The highest BCUT2D eigenvalue weighted by molar-refractivity contribution is 7.17. The number of aryl methyl sites for hydroxylation is 2. The van der Waals surface area contributed by atoms with E-state index in [1.165, 1.54) is 11.3 Å². The highest BCUT2D eigenvalue weighted by Gasteiger charge is 2.27. The standard InChI is InChI=1S/C25H24N4O4S/c1-14-8-9-16(20(30)11-14)18-12-19(29-28-18)23(31)27-25-22(17-6-2-3-7-21(17)34-25)24(32)26-13-15-5-4-10-33-15/h4-5,8-12,30H,2-3,6-7,13H2,1H3,(H,26,32)(H,27,31)(H,28,29). The number of amides is 2. The van der Waals surface area contributed by atoms with Crippen LogP contribution in [0.4, 0.5) is 5.00 Å². The fourth-order valence-corrected chi connectivity index (χ4v) is 5.45. The number of anilines is 1. The van der Waals surface area contributed by atoms with Gasteiger partial charge in [-0.3, -0.25) is 14.7 Å². The largest absolute Gasteiger partial charge is 0.507 e. The van der Waals surface area contributed by atoms with Crippen molar-refractivity contribution in [2.24, 2.45) is 0 Å². The third kappa shape index (κ3) is 4.34. The van der Waals surface area contributed by atoms with Gasteiger partial charge in [0.1, 0.15) is 22.2 Å². The Morgan fingerprint density at radius 3 is 2.82 bits per heavy atom. The molecule has 0 saturated heterocycles. The Bertz CT molecular complexity index is 1350. The number of carbonyl (C=O) groups excluding carboxylic acids is 2. The number of nitrogens with one attached hydrogen (secondary N) is 3. The molecule has 174 valence electrons. The molecule has 9 heteroatoms. The molecule has 0 atom stereocenters. The summed E-state index contributed by atoms with van der Waals surface area (Å²) in [6, 6.07) is 10.4. The first kappa shape index (κ1) is 22.0. The summed E-state index contributed by atoms with van der Waals surface area (Å²) in [4.78, 5) is 27.3. The molecule has 0 aliphatic heterocycles. The van der Waals surface area contributed by atoms with Gasteiger partial charge in [-0.1, -0.05) is 6.07 Å². The second kappa shape index (κ2) is 9.18. The maximum Gasteiger partial charge on any atom is 0.274 e. The Morgan fingerprint density at radius 1 is 1.18 bits per heavy atom. The number of aromatic hydroxyl groups is 1. The van der Waals surface area contributed by atoms with Crippen molar-refractivity contribution in [3.63, 3.8) is 0 Å². The van der Waals surface area contributed by atoms with Crippen LogP contribution in [-0.2, 0) is 19.4 Å². The normalized spacial score (nSPS) is 12.9. The monoisotopic (exact) mass is 476 g/mol. The maximum absolute atomic E-state index is 13.1. The number of thiophene rings is 1. The van der Waals surface area contributed by atoms with Gasteiger partial charge in [0.2, 0.25) is 0 Å². The molecular weight excluding hydrogens is 452 g/mol. The maximum atomic E-state index is 13.1. The van der Waals surface area contributed by atoms with E-state index >= 15 is 0 Å². The number of hydrogen-bond acceptors (Lipinski definition) is 6. The van der Waals surface area contributed by atoms with E-state index in [0.29, 0.717) is 27.6 Å².